The topological polar surface area (TPSA) is 98.0 Å². The summed E-state index contributed by atoms with van der Waals surface area (Å²) >= 11 is 0. The maximum absolute atomic E-state index is 13.0. The Bertz CT molecular complexity index is 928. The standard InChI is InChI=1S/C22H27NO5/c1-23(11-12-2-3-12)18(26)10-20-15-8-14-16(24)5-4-13(19(14)20)9-22(23,28)21(20,27)7-6-17(15)25/h4-5,12,15,18,26-28H,2-3,6-11H2,1H3/p+1/t15?,18?,20-,21+,22+,23+/m1/s1. The number of benzene rings is 1. The van der Waals surface area contributed by atoms with Gasteiger partial charge in [-0.1, -0.05) is 6.07 Å². The highest BCUT2D eigenvalue weighted by atomic mass is 16.4. The molecule has 0 aromatic heterocycles. The Morgan fingerprint density at radius 2 is 2.00 bits per heavy atom. The van der Waals surface area contributed by atoms with Gasteiger partial charge in [0.05, 0.1) is 25.4 Å². The molecule has 3 fully saturated rings. The number of aliphatic hydroxyl groups excluding tert-OH is 1. The molecule has 28 heavy (non-hydrogen) atoms. The van der Waals surface area contributed by atoms with Crippen molar-refractivity contribution in [3.05, 3.63) is 28.8 Å². The van der Waals surface area contributed by atoms with Crippen LogP contribution in [0.1, 0.15) is 48.8 Å². The summed E-state index contributed by atoms with van der Waals surface area (Å²) in [4.78, 5) is 13.0. The van der Waals surface area contributed by atoms with Crippen LogP contribution in [0.2, 0.25) is 0 Å². The molecule has 2 unspecified atom stereocenters. The number of carbonyl (C=O) groups excluding carboxylic acids is 1. The molecular weight excluding hydrogens is 358 g/mol. The number of aromatic hydroxyl groups is 1. The van der Waals surface area contributed by atoms with Gasteiger partial charge in [0.2, 0.25) is 5.72 Å². The van der Waals surface area contributed by atoms with Gasteiger partial charge < -0.3 is 20.4 Å². The van der Waals surface area contributed by atoms with Crippen LogP contribution in [0, 0.1) is 11.8 Å². The second-order valence-corrected chi connectivity index (χ2v) is 10.2. The Morgan fingerprint density at radius 1 is 1.25 bits per heavy atom. The molecule has 6 atom stereocenters. The minimum absolute atomic E-state index is 0.0203. The van der Waals surface area contributed by atoms with Gasteiger partial charge in [-0.15, -0.1) is 0 Å². The number of hydrogen-bond acceptors (Lipinski definition) is 5. The van der Waals surface area contributed by atoms with Crippen molar-refractivity contribution in [1.29, 1.82) is 0 Å². The lowest BCUT2D eigenvalue weighted by Gasteiger charge is -2.70. The molecule has 1 spiro atoms. The molecule has 1 saturated heterocycles. The molecule has 1 aromatic carbocycles. The third-order valence-corrected chi connectivity index (χ3v) is 9.12. The highest BCUT2D eigenvalue weighted by Crippen LogP contribution is 2.69. The minimum Gasteiger partial charge on any atom is -0.508 e. The number of ketones is 1. The Balaban J connectivity index is 1.67. The summed E-state index contributed by atoms with van der Waals surface area (Å²) in [6.07, 6.45) is 2.62. The molecule has 0 radical (unpaired) electrons. The van der Waals surface area contributed by atoms with Crippen LogP contribution in [0.3, 0.4) is 0 Å². The lowest BCUT2D eigenvalue weighted by Crippen LogP contribution is -2.88. The van der Waals surface area contributed by atoms with Crippen molar-refractivity contribution in [3.8, 4) is 5.75 Å². The van der Waals surface area contributed by atoms with Gasteiger partial charge in [0.25, 0.3) is 0 Å². The first-order chi connectivity index (χ1) is 13.2. The predicted molar refractivity (Wildman–Crippen MR) is 99.2 cm³/mol. The lowest BCUT2D eigenvalue weighted by molar-refractivity contribution is -1.04. The van der Waals surface area contributed by atoms with Gasteiger partial charge in [-0.25, -0.2) is 0 Å². The average Bonchev–Trinajstić information content (AvgIpc) is 3.37. The molecule has 1 aliphatic heterocycles. The number of carbonyl (C=O) groups is 1. The molecule has 150 valence electrons. The van der Waals surface area contributed by atoms with E-state index in [2.05, 4.69) is 0 Å². The van der Waals surface area contributed by atoms with E-state index in [-0.39, 0.29) is 41.7 Å². The van der Waals surface area contributed by atoms with Gasteiger partial charge >= 0.3 is 0 Å². The number of likely N-dealkylation sites (N-methyl/N-ethyl adjacent to an activating group) is 1. The summed E-state index contributed by atoms with van der Waals surface area (Å²) in [6.45, 7) is 0.634. The number of nitrogens with zero attached hydrogens (tertiary/aromatic N) is 1. The molecular formula is C22H28NO5+. The van der Waals surface area contributed by atoms with Gasteiger partial charge in [-0.2, -0.15) is 0 Å². The van der Waals surface area contributed by atoms with Gasteiger partial charge in [0.15, 0.2) is 11.8 Å². The maximum atomic E-state index is 13.0. The monoisotopic (exact) mass is 386 g/mol. The summed E-state index contributed by atoms with van der Waals surface area (Å²) in [6, 6.07) is 3.48. The third-order valence-electron chi connectivity index (χ3n) is 9.12. The number of aliphatic hydroxyl groups is 3. The van der Waals surface area contributed by atoms with Crippen LogP contribution >= 0.6 is 0 Å². The zero-order valence-electron chi connectivity index (χ0n) is 16.2. The van der Waals surface area contributed by atoms with Crippen molar-refractivity contribution in [2.75, 3.05) is 13.6 Å². The number of phenolic OH excluding ortho intramolecular Hbond substituents is 1. The van der Waals surface area contributed by atoms with Gasteiger partial charge in [0.1, 0.15) is 11.5 Å². The van der Waals surface area contributed by atoms with E-state index in [0.29, 0.717) is 18.9 Å². The van der Waals surface area contributed by atoms with Crippen LogP contribution in [-0.4, -0.2) is 61.8 Å². The zero-order chi connectivity index (χ0) is 19.7. The average molecular weight is 386 g/mol. The molecule has 2 saturated carbocycles. The summed E-state index contributed by atoms with van der Waals surface area (Å²) in [5.41, 5.74) is -1.60. The maximum Gasteiger partial charge on any atom is 0.237 e. The second-order valence-electron chi connectivity index (χ2n) is 10.2. The normalized spacial score (nSPS) is 48.5. The van der Waals surface area contributed by atoms with Crippen LogP contribution in [0.4, 0.5) is 0 Å². The molecule has 0 amide bonds. The number of Topliss-reactive ketones (excluding diaryl/α,β-unsaturated/α-hetero) is 1. The molecule has 1 aromatic rings. The third kappa shape index (κ3) is 1.59. The first-order valence-electron chi connectivity index (χ1n) is 10.5. The number of phenols is 1. The van der Waals surface area contributed by atoms with Crippen LogP contribution in [-0.2, 0) is 23.1 Å². The molecule has 2 bridgehead atoms. The van der Waals surface area contributed by atoms with E-state index < -0.39 is 28.9 Å². The first-order valence-corrected chi connectivity index (χ1v) is 10.5. The van der Waals surface area contributed by atoms with Gasteiger partial charge in [0, 0.05) is 24.7 Å². The molecule has 1 heterocycles. The fourth-order valence-corrected chi connectivity index (χ4v) is 7.56. The number of hydrogen-bond donors (Lipinski definition) is 4. The van der Waals surface area contributed by atoms with Crippen LogP contribution in [0.5, 0.6) is 5.75 Å². The highest BCUT2D eigenvalue weighted by Gasteiger charge is 2.83. The van der Waals surface area contributed by atoms with Crippen LogP contribution in [0.25, 0.3) is 0 Å². The number of rotatable bonds is 2. The van der Waals surface area contributed by atoms with E-state index in [1.165, 1.54) is 0 Å². The largest absolute Gasteiger partial charge is 0.508 e. The summed E-state index contributed by atoms with van der Waals surface area (Å²) in [7, 11) is 1.88. The van der Waals surface area contributed by atoms with Gasteiger partial charge in [-0.3, -0.25) is 9.28 Å². The Morgan fingerprint density at radius 3 is 2.71 bits per heavy atom. The molecule has 6 rings (SSSR count). The first kappa shape index (κ1) is 17.4. The second kappa shape index (κ2) is 4.81. The minimum atomic E-state index is -1.56. The summed E-state index contributed by atoms with van der Waals surface area (Å²) in [5.74, 6) is 0.187. The molecule has 6 nitrogen and oxygen atoms in total. The summed E-state index contributed by atoms with van der Waals surface area (Å²) in [5, 5.41) is 46.4. The Hall–Kier alpha value is -1.47. The van der Waals surface area contributed by atoms with Crippen molar-refractivity contribution < 1.29 is 29.7 Å². The molecule has 5 aliphatic rings. The van der Waals surface area contributed by atoms with Crippen molar-refractivity contribution >= 4 is 5.78 Å². The van der Waals surface area contributed by atoms with E-state index in [1.54, 1.807) is 6.07 Å². The van der Waals surface area contributed by atoms with Crippen molar-refractivity contribution in [2.45, 2.75) is 67.9 Å². The number of piperidine rings is 1. The Labute approximate surface area is 164 Å². The van der Waals surface area contributed by atoms with Gasteiger partial charge in [-0.05, 0) is 48.4 Å². The smallest absolute Gasteiger partial charge is 0.237 e. The molecule has 6 heteroatoms. The fraction of sp³-hybridized carbons (Fsp3) is 0.682. The lowest BCUT2D eigenvalue weighted by atomic mass is 9.45. The van der Waals surface area contributed by atoms with Crippen molar-refractivity contribution in [1.82, 2.24) is 0 Å². The SMILES string of the molecule is C[N@+]1(CC2CC2)C(O)C[C@]23c4c5ccc(O)c4CC2C(=O)CC[C@@]3(O)[C@@]1(O)C5. The number of quaternary nitrogens is 1. The summed E-state index contributed by atoms with van der Waals surface area (Å²) < 4.78 is 0.0203. The molecule has 4 N–H and O–H groups in total. The van der Waals surface area contributed by atoms with E-state index >= 15 is 0 Å². The number of likely N-dealkylation sites (tertiary alicyclic amines) is 1. The quantitative estimate of drug-likeness (QED) is 0.562. The Kier molecular flexibility index (Phi) is 2.99. The van der Waals surface area contributed by atoms with E-state index in [1.807, 2.05) is 13.1 Å². The predicted octanol–water partition coefficient (Wildman–Crippen LogP) is 0.720. The van der Waals surface area contributed by atoms with Crippen molar-refractivity contribution in [2.24, 2.45) is 11.8 Å². The zero-order valence-corrected chi connectivity index (χ0v) is 16.2. The van der Waals surface area contributed by atoms with Crippen LogP contribution < -0.4 is 0 Å². The van der Waals surface area contributed by atoms with E-state index in [9.17, 15) is 25.2 Å². The van der Waals surface area contributed by atoms with E-state index in [0.717, 1.165) is 29.5 Å². The molecule has 4 aliphatic carbocycles. The van der Waals surface area contributed by atoms with Crippen molar-refractivity contribution in [3.63, 3.8) is 0 Å². The highest BCUT2D eigenvalue weighted by molar-refractivity contribution is 5.87. The van der Waals surface area contributed by atoms with E-state index in [4.69, 9.17) is 0 Å². The fourth-order valence-electron chi connectivity index (χ4n) is 7.56. The van der Waals surface area contributed by atoms with Crippen LogP contribution in [0.15, 0.2) is 12.1 Å².